The van der Waals surface area contributed by atoms with Gasteiger partial charge < -0.3 is 4.57 Å². The molecular weight excluding hydrogens is 418 g/mol. The fourth-order valence-electron chi connectivity index (χ4n) is 4.40. The standard InChI is InChI=1S/C23H20ClN3O2S/c1-25-19-17(22(28)26(2)23(25)29)18(14-7-4-3-5-8-14)27-11-12-30-21(20(19)27)15-9-6-10-16(24)13-15/h3-10,13,21H,11-12H2,1-2H3. The van der Waals surface area contributed by atoms with Gasteiger partial charge in [-0.05, 0) is 23.3 Å². The highest BCUT2D eigenvalue weighted by molar-refractivity contribution is 7.99. The summed E-state index contributed by atoms with van der Waals surface area (Å²) < 4.78 is 5.03. The van der Waals surface area contributed by atoms with Gasteiger partial charge in [0.15, 0.2) is 0 Å². The number of hydrogen-bond acceptors (Lipinski definition) is 3. The zero-order chi connectivity index (χ0) is 21.0. The van der Waals surface area contributed by atoms with Gasteiger partial charge in [0.25, 0.3) is 5.56 Å². The minimum Gasteiger partial charge on any atom is -0.340 e. The average molecular weight is 438 g/mol. The van der Waals surface area contributed by atoms with E-state index in [0.717, 1.165) is 34.8 Å². The molecule has 1 atom stereocenters. The molecule has 0 fully saturated rings. The van der Waals surface area contributed by atoms with Gasteiger partial charge in [0.1, 0.15) is 0 Å². The molecule has 0 saturated carbocycles. The van der Waals surface area contributed by atoms with Crippen LogP contribution < -0.4 is 11.2 Å². The van der Waals surface area contributed by atoms with Crippen LogP contribution in [0.25, 0.3) is 22.2 Å². The van der Waals surface area contributed by atoms with Crippen LogP contribution in [-0.4, -0.2) is 19.5 Å². The van der Waals surface area contributed by atoms with E-state index in [-0.39, 0.29) is 16.5 Å². The van der Waals surface area contributed by atoms with E-state index in [1.54, 1.807) is 18.7 Å². The molecular formula is C23H20ClN3O2S. The topological polar surface area (TPSA) is 48.9 Å². The molecule has 1 aliphatic rings. The predicted octanol–water partition coefficient (Wildman–Crippen LogP) is 4.20. The molecule has 0 amide bonds. The summed E-state index contributed by atoms with van der Waals surface area (Å²) in [6, 6.07) is 17.8. The molecule has 5 rings (SSSR count). The lowest BCUT2D eigenvalue weighted by molar-refractivity contribution is 0.700. The Kier molecular flexibility index (Phi) is 4.64. The summed E-state index contributed by atoms with van der Waals surface area (Å²) in [5.41, 5.74) is 4.04. The molecule has 0 saturated heterocycles. The largest absolute Gasteiger partial charge is 0.340 e. The van der Waals surface area contributed by atoms with Crippen molar-refractivity contribution < 1.29 is 0 Å². The van der Waals surface area contributed by atoms with Crippen LogP contribution in [0.4, 0.5) is 0 Å². The van der Waals surface area contributed by atoms with Crippen molar-refractivity contribution in [1.82, 2.24) is 13.7 Å². The van der Waals surface area contributed by atoms with Crippen LogP contribution in [0.15, 0.2) is 64.2 Å². The van der Waals surface area contributed by atoms with Crippen molar-refractivity contribution in [2.24, 2.45) is 14.1 Å². The maximum atomic E-state index is 13.3. The second kappa shape index (κ2) is 7.22. The maximum Gasteiger partial charge on any atom is 0.331 e. The zero-order valence-electron chi connectivity index (χ0n) is 16.6. The molecule has 0 aliphatic carbocycles. The quantitative estimate of drug-likeness (QED) is 0.472. The molecule has 2 aromatic heterocycles. The Hall–Kier alpha value is -2.70. The summed E-state index contributed by atoms with van der Waals surface area (Å²) >= 11 is 8.10. The molecule has 152 valence electrons. The minimum absolute atomic E-state index is 0.0184. The lowest BCUT2D eigenvalue weighted by atomic mass is 10.1. The van der Waals surface area contributed by atoms with E-state index in [1.807, 2.05) is 60.3 Å². The highest BCUT2D eigenvalue weighted by Crippen LogP contribution is 2.46. The number of fused-ring (bicyclic) bond motifs is 3. The van der Waals surface area contributed by atoms with Crippen molar-refractivity contribution in [3.05, 3.63) is 91.7 Å². The second-order valence-electron chi connectivity index (χ2n) is 7.49. The van der Waals surface area contributed by atoms with Crippen molar-refractivity contribution in [3.63, 3.8) is 0 Å². The third-order valence-electron chi connectivity index (χ3n) is 5.75. The lowest BCUT2D eigenvalue weighted by Crippen LogP contribution is -2.37. The van der Waals surface area contributed by atoms with Gasteiger partial charge in [0, 0.05) is 31.4 Å². The molecule has 0 bridgehead atoms. The third kappa shape index (κ3) is 2.78. The number of thioether (sulfide) groups is 1. The van der Waals surface area contributed by atoms with Gasteiger partial charge in [-0.2, -0.15) is 0 Å². The van der Waals surface area contributed by atoms with E-state index in [0.29, 0.717) is 15.9 Å². The van der Waals surface area contributed by atoms with E-state index in [4.69, 9.17) is 11.6 Å². The van der Waals surface area contributed by atoms with Gasteiger partial charge in [0.05, 0.1) is 27.5 Å². The number of halogens is 1. The molecule has 1 aliphatic heterocycles. The van der Waals surface area contributed by atoms with E-state index in [9.17, 15) is 9.59 Å². The van der Waals surface area contributed by atoms with Gasteiger partial charge >= 0.3 is 5.69 Å². The van der Waals surface area contributed by atoms with Crippen molar-refractivity contribution in [3.8, 4) is 11.3 Å². The number of nitrogens with zero attached hydrogens (tertiary/aromatic N) is 3. The van der Waals surface area contributed by atoms with Gasteiger partial charge in [0.2, 0.25) is 0 Å². The summed E-state index contributed by atoms with van der Waals surface area (Å²) in [6.07, 6.45) is 0. The summed E-state index contributed by atoms with van der Waals surface area (Å²) in [6.45, 7) is 0.771. The first-order valence-electron chi connectivity index (χ1n) is 9.73. The first kappa shape index (κ1) is 19.3. The second-order valence-corrected chi connectivity index (χ2v) is 9.14. The van der Waals surface area contributed by atoms with Gasteiger partial charge in [-0.15, -0.1) is 11.8 Å². The lowest BCUT2D eigenvalue weighted by Gasteiger charge is -2.27. The monoisotopic (exact) mass is 437 g/mol. The summed E-state index contributed by atoms with van der Waals surface area (Å²) in [4.78, 5) is 26.1. The first-order chi connectivity index (χ1) is 14.5. The van der Waals surface area contributed by atoms with Crippen LogP contribution in [-0.2, 0) is 20.6 Å². The summed E-state index contributed by atoms with van der Waals surface area (Å²) in [5, 5.41) is 1.25. The van der Waals surface area contributed by atoms with Crippen molar-refractivity contribution in [2.45, 2.75) is 11.8 Å². The molecule has 2 aromatic carbocycles. The number of rotatable bonds is 2. The highest BCUT2D eigenvalue weighted by Gasteiger charge is 2.32. The Morgan fingerprint density at radius 2 is 1.77 bits per heavy atom. The number of benzene rings is 2. The van der Waals surface area contributed by atoms with Crippen LogP contribution in [0.1, 0.15) is 16.5 Å². The molecule has 5 nitrogen and oxygen atoms in total. The minimum atomic E-state index is -0.319. The molecule has 0 N–H and O–H groups in total. The molecule has 1 unspecified atom stereocenters. The van der Waals surface area contributed by atoms with Crippen molar-refractivity contribution >= 4 is 34.3 Å². The maximum absolute atomic E-state index is 13.3. The SMILES string of the molecule is Cn1c(=O)c2c(-c3ccccc3)n3c(c2n(C)c1=O)C(c1cccc(Cl)c1)SCC3. The fourth-order valence-corrected chi connectivity index (χ4v) is 5.86. The average Bonchev–Trinajstić information content (AvgIpc) is 3.12. The van der Waals surface area contributed by atoms with Crippen LogP contribution in [0.3, 0.4) is 0 Å². The smallest absolute Gasteiger partial charge is 0.331 e. The Balaban J connectivity index is 1.96. The van der Waals surface area contributed by atoms with E-state index < -0.39 is 0 Å². The van der Waals surface area contributed by atoms with Crippen molar-refractivity contribution in [2.75, 3.05) is 5.75 Å². The van der Waals surface area contributed by atoms with Gasteiger partial charge in [-0.1, -0.05) is 54.1 Å². The van der Waals surface area contributed by atoms with Crippen LogP contribution in [0.2, 0.25) is 5.02 Å². The van der Waals surface area contributed by atoms with E-state index in [2.05, 4.69) is 10.6 Å². The molecule has 30 heavy (non-hydrogen) atoms. The predicted molar refractivity (Wildman–Crippen MR) is 124 cm³/mol. The van der Waals surface area contributed by atoms with Crippen LogP contribution >= 0.6 is 23.4 Å². The van der Waals surface area contributed by atoms with E-state index in [1.165, 1.54) is 4.57 Å². The fraction of sp³-hybridized carbons (Fsp3) is 0.217. The normalized spacial score (nSPS) is 16.0. The highest BCUT2D eigenvalue weighted by atomic mass is 35.5. The Morgan fingerprint density at radius 1 is 1.00 bits per heavy atom. The Labute approximate surface area is 182 Å². The molecule has 0 spiro atoms. The Bertz CT molecular complexity index is 1400. The molecule has 3 heterocycles. The van der Waals surface area contributed by atoms with Gasteiger partial charge in [-0.25, -0.2) is 4.79 Å². The van der Waals surface area contributed by atoms with Gasteiger partial charge in [-0.3, -0.25) is 13.9 Å². The van der Waals surface area contributed by atoms with Crippen LogP contribution in [0.5, 0.6) is 0 Å². The van der Waals surface area contributed by atoms with Crippen molar-refractivity contribution in [1.29, 1.82) is 0 Å². The first-order valence-corrected chi connectivity index (χ1v) is 11.2. The molecule has 7 heteroatoms. The van der Waals surface area contributed by atoms with E-state index >= 15 is 0 Å². The number of aryl methyl sites for hydroxylation is 1. The zero-order valence-corrected chi connectivity index (χ0v) is 18.2. The Morgan fingerprint density at radius 3 is 2.50 bits per heavy atom. The molecule has 4 aromatic rings. The summed E-state index contributed by atoms with van der Waals surface area (Å²) in [7, 11) is 3.28. The number of hydrogen-bond donors (Lipinski definition) is 0. The summed E-state index contributed by atoms with van der Waals surface area (Å²) in [5.74, 6) is 0.902. The van der Waals surface area contributed by atoms with Crippen LogP contribution in [0, 0.1) is 0 Å². The number of aromatic nitrogens is 3. The third-order valence-corrected chi connectivity index (χ3v) is 7.23. The molecule has 0 radical (unpaired) electrons.